The van der Waals surface area contributed by atoms with E-state index >= 15 is 0 Å². The molecule has 0 aliphatic carbocycles. The van der Waals surface area contributed by atoms with Crippen molar-refractivity contribution in [2.45, 2.75) is 4.90 Å². The van der Waals surface area contributed by atoms with Crippen LogP contribution < -0.4 is 10.3 Å². The highest BCUT2D eigenvalue weighted by Crippen LogP contribution is 2.29. The largest absolute Gasteiger partial charge is 0.302 e. The Bertz CT molecular complexity index is 852. The molecule has 124 valence electrons. The molecule has 0 bridgehead atoms. The molecule has 0 unspecified atom stereocenters. The van der Waals surface area contributed by atoms with E-state index in [-0.39, 0.29) is 16.1 Å². The van der Waals surface area contributed by atoms with Gasteiger partial charge < -0.3 is 5.43 Å². The lowest BCUT2D eigenvalue weighted by Gasteiger charge is -2.13. The van der Waals surface area contributed by atoms with E-state index in [0.717, 1.165) is 6.07 Å². The van der Waals surface area contributed by atoms with Crippen molar-refractivity contribution in [3.8, 4) is 0 Å². The predicted molar refractivity (Wildman–Crippen MR) is 76.7 cm³/mol. The summed E-state index contributed by atoms with van der Waals surface area (Å²) in [6.07, 6.45) is 0. The van der Waals surface area contributed by atoms with Gasteiger partial charge in [-0.05, 0) is 12.1 Å². The molecule has 0 amide bonds. The number of rotatable bonds is 4. The van der Waals surface area contributed by atoms with Crippen LogP contribution in [0.15, 0.2) is 29.2 Å². The van der Waals surface area contributed by atoms with E-state index in [4.69, 9.17) is 23.2 Å². The molecule has 0 spiro atoms. The Morgan fingerprint density at radius 3 is 2.09 bits per heavy atom. The Morgan fingerprint density at radius 1 is 0.957 bits per heavy atom. The van der Waals surface area contributed by atoms with Crippen LogP contribution in [0.1, 0.15) is 0 Å². The van der Waals surface area contributed by atoms with Crippen molar-refractivity contribution in [2.75, 3.05) is 5.43 Å². The van der Waals surface area contributed by atoms with Crippen LogP contribution in [0, 0.1) is 23.3 Å². The quantitative estimate of drug-likeness (QED) is 0.475. The van der Waals surface area contributed by atoms with Crippen LogP contribution in [0.3, 0.4) is 0 Å². The minimum Gasteiger partial charge on any atom is -0.302 e. The Hall–Kier alpha value is -1.55. The smallest absolute Gasteiger partial charge is 0.258 e. The van der Waals surface area contributed by atoms with E-state index in [1.807, 2.05) is 0 Å². The minimum atomic E-state index is -4.43. The highest BCUT2D eigenvalue weighted by atomic mass is 35.5. The molecule has 0 atom stereocenters. The van der Waals surface area contributed by atoms with Crippen LogP contribution in [0.25, 0.3) is 0 Å². The number of anilines is 1. The lowest BCUT2D eigenvalue weighted by molar-refractivity contribution is 0.457. The minimum absolute atomic E-state index is 0.0157. The van der Waals surface area contributed by atoms with Crippen LogP contribution in [0.2, 0.25) is 10.0 Å². The third-order valence-electron chi connectivity index (χ3n) is 2.63. The first-order valence-electron chi connectivity index (χ1n) is 5.70. The second kappa shape index (κ2) is 6.52. The average Bonchev–Trinajstić information content (AvgIpc) is 2.48. The number of sulfonamides is 1. The molecule has 4 nitrogen and oxygen atoms in total. The first kappa shape index (κ1) is 17.8. The molecule has 2 rings (SSSR count). The van der Waals surface area contributed by atoms with Gasteiger partial charge in [-0.2, -0.15) is 0 Å². The first-order chi connectivity index (χ1) is 10.6. The number of nitrogens with one attached hydrogen (secondary N) is 2. The lowest BCUT2D eigenvalue weighted by Crippen LogP contribution is -2.31. The molecule has 0 aliphatic rings. The maximum atomic E-state index is 13.4. The average molecular weight is 389 g/mol. The van der Waals surface area contributed by atoms with Crippen molar-refractivity contribution < 1.29 is 26.0 Å². The molecule has 2 aromatic rings. The third-order valence-corrected chi connectivity index (χ3v) is 4.85. The van der Waals surface area contributed by atoms with Crippen LogP contribution in [-0.2, 0) is 10.0 Å². The fraction of sp³-hybridized carbons (Fsp3) is 0. The number of benzene rings is 2. The Morgan fingerprint density at radius 2 is 1.52 bits per heavy atom. The summed E-state index contributed by atoms with van der Waals surface area (Å²) in [6, 6.07) is 3.64. The topological polar surface area (TPSA) is 58.2 Å². The number of hydrogen-bond donors (Lipinski definition) is 2. The highest BCUT2D eigenvalue weighted by Gasteiger charge is 2.23. The summed E-state index contributed by atoms with van der Waals surface area (Å²) in [5.41, 5.74) is 0.235. The van der Waals surface area contributed by atoms with Gasteiger partial charge in [0, 0.05) is 6.07 Å². The van der Waals surface area contributed by atoms with Crippen molar-refractivity contribution >= 4 is 38.9 Å². The zero-order chi connectivity index (χ0) is 17.4. The Labute approximate surface area is 138 Å². The van der Waals surface area contributed by atoms with Gasteiger partial charge in [-0.25, -0.2) is 26.0 Å². The summed E-state index contributed by atoms with van der Waals surface area (Å²) in [6.45, 7) is 0. The Balaban J connectivity index is 2.36. The van der Waals surface area contributed by atoms with Crippen molar-refractivity contribution in [1.29, 1.82) is 0 Å². The molecule has 0 saturated carbocycles. The molecule has 0 aliphatic heterocycles. The number of hydrogen-bond acceptors (Lipinski definition) is 3. The summed E-state index contributed by atoms with van der Waals surface area (Å²) < 4.78 is 77.0. The normalized spacial score (nSPS) is 11.6. The van der Waals surface area contributed by atoms with Crippen molar-refractivity contribution in [3.63, 3.8) is 0 Å². The zero-order valence-electron chi connectivity index (χ0n) is 10.8. The molecule has 2 N–H and O–H groups in total. The number of hydrazine groups is 1. The monoisotopic (exact) mass is 388 g/mol. The Kier molecular flexibility index (Phi) is 5.04. The lowest BCUT2D eigenvalue weighted by atomic mass is 10.2. The standard InChI is InChI=1S/C12H6Cl2F4N2O2S/c13-5-2-1-3-8(9(5)14)23(21,22)20-19-12-10(17)6(15)4-7(16)11(12)18/h1-4,19-20H. The van der Waals surface area contributed by atoms with Gasteiger partial charge in [-0.15, -0.1) is 4.83 Å². The summed E-state index contributed by atoms with van der Waals surface area (Å²) in [5.74, 6) is -7.01. The van der Waals surface area contributed by atoms with E-state index < -0.39 is 43.9 Å². The maximum Gasteiger partial charge on any atom is 0.258 e. The third kappa shape index (κ3) is 3.52. The molecule has 0 aromatic heterocycles. The molecule has 0 saturated heterocycles. The molecule has 0 radical (unpaired) electrons. The highest BCUT2D eigenvalue weighted by molar-refractivity contribution is 7.89. The molecule has 11 heteroatoms. The summed E-state index contributed by atoms with van der Waals surface area (Å²) >= 11 is 11.4. The van der Waals surface area contributed by atoms with Crippen molar-refractivity contribution in [3.05, 3.63) is 57.6 Å². The van der Waals surface area contributed by atoms with Crippen molar-refractivity contribution in [2.24, 2.45) is 0 Å². The van der Waals surface area contributed by atoms with Crippen LogP contribution >= 0.6 is 23.2 Å². The van der Waals surface area contributed by atoms with Gasteiger partial charge >= 0.3 is 0 Å². The van der Waals surface area contributed by atoms with E-state index in [9.17, 15) is 26.0 Å². The van der Waals surface area contributed by atoms with E-state index in [1.54, 1.807) is 10.3 Å². The summed E-state index contributed by atoms with van der Waals surface area (Å²) in [5, 5.41) is -0.418. The van der Waals surface area contributed by atoms with E-state index in [2.05, 4.69) is 0 Å². The fourth-order valence-corrected chi connectivity index (χ4v) is 3.16. The van der Waals surface area contributed by atoms with Gasteiger partial charge in [0.15, 0.2) is 23.3 Å². The molecular formula is C12H6Cl2F4N2O2S. The second-order valence-electron chi connectivity index (χ2n) is 4.13. The van der Waals surface area contributed by atoms with E-state index in [0.29, 0.717) is 0 Å². The molecule has 0 fully saturated rings. The molecule has 23 heavy (non-hydrogen) atoms. The molecular weight excluding hydrogens is 383 g/mol. The first-order valence-corrected chi connectivity index (χ1v) is 7.94. The van der Waals surface area contributed by atoms with Gasteiger partial charge in [-0.1, -0.05) is 29.3 Å². The number of halogens is 6. The molecule has 0 heterocycles. The van der Waals surface area contributed by atoms with Crippen LogP contribution in [-0.4, -0.2) is 8.42 Å². The van der Waals surface area contributed by atoms with Gasteiger partial charge in [0.2, 0.25) is 0 Å². The predicted octanol–water partition coefficient (Wildman–Crippen LogP) is 3.86. The van der Waals surface area contributed by atoms with Gasteiger partial charge in [0.25, 0.3) is 10.0 Å². The maximum absolute atomic E-state index is 13.4. The van der Waals surface area contributed by atoms with E-state index in [1.165, 1.54) is 12.1 Å². The second-order valence-corrected chi connectivity index (χ2v) is 6.56. The molecule has 2 aromatic carbocycles. The van der Waals surface area contributed by atoms with Crippen LogP contribution in [0.4, 0.5) is 23.2 Å². The zero-order valence-corrected chi connectivity index (χ0v) is 13.1. The fourth-order valence-electron chi connectivity index (χ4n) is 1.55. The van der Waals surface area contributed by atoms with Gasteiger partial charge in [0.1, 0.15) is 10.6 Å². The summed E-state index contributed by atoms with van der Waals surface area (Å²) in [4.78, 5) is 1.06. The van der Waals surface area contributed by atoms with Crippen molar-refractivity contribution in [1.82, 2.24) is 4.83 Å². The van der Waals surface area contributed by atoms with Gasteiger partial charge in [0.05, 0.1) is 10.0 Å². The van der Waals surface area contributed by atoms with Gasteiger partial charge in [-0.3, -0.25) is 0 Å². The summed E-state index contributed by atoms with van der Waals surface area (Å²) in [7, 11) is -4.43. The SMILES string of the molecule is O=S(=O)(NNc1c(F)c(F)cc(F)c1F)c1cccc(Cl)c1Cl. The van der Waals surface area contributed by atoms with Crippen LogP contribution in [0.5, 0.6) is 0 Å².